The molecule has 1 aromatic carbocycles. The van der Waals surface area contributed by atoms with Gasteiger partial charge in [0.2, 0.25) is 0 Å². The summed E-state index contributed by atoms with van der Waals surface area (Å²) in [4.78, 5) is 21.5. The van der Waals surface area contributed by atoms with Crippen molar-refractivity contribution in [2.45, 2.75) is 6.92 Å². The van der Waals surface area contributed by atoms with Gasteiger partial charge in [0.15, 0.2) is 5.13 Å². The number of nitrogens with one attached hydrogen (secondary N) is 1. The number of nitrogens with zero attached hydrogens (tertiary/aromatic N) is 2. The van der Waals surface area contributed by atoms with E-state index in [9.17, 15) is 4.79 Å². The van der Waals surface area contributed by atoms with E-state index in [-0.39, 0.29) is 5.91 Å². The Kier molecular flexibility index (Phi) is 4.18. The lowest BCUT2D eigenvalue weighted by Gasteiger charge is -2.00. The maximum absolute atomic E-state index is 12.2. The van der Waals surface area contributed by atoms with Crippen molar-refractivity contribution >= 4 is 34.0 Å². The molecule has 0 saturated carbocycles. The number of aryl methyl sites for hydroxylation is 1. The lowest BCUT2D eigenvalue weighted by Crippen LogP contribution is -2.11. The molecule has 4 nitrogen and oxygen atoms in total. The molecule has 0 atom stereocenters. The predicted molar refractivity (Wildman–Crippen MR) is 89.5 cm³/mol. The fraction of sp³-hybridized carbons (Fsp3) is 0.0625. The van der Waals surface area contributed by atoms with Crippen molar-refractivity contribution in [2.75, 3.05) is 5.32 Å². The van der Waals surface area contributed by atoms with Gasteiger partial charge in [-0.15, -0.1) is 0 Å². The molecule has 0 bridgehead atoms. The van der Waals surface area contributed by atoms with Gasteiger partial charge in [0.25, 0.3) is 5.91 Å². The molecular weight excluding hydrogens is 318 g/mol. The van der Waals surface area contributed by atoms with Crippen molar-refractivity contribution in [3.8, 4) is 10.4 Å². The number of pyridine rings is 1. The number of anilines is 1. The van der Waals surface area contributed by atoms with Gasteiger partial charge in [-0.25, -0.2) is 9.97 Å². The molecule has 6 heteroatoms. The van der Waals surface area contributed by atoms with Crippen LogP contribution in [0.2, 0.25) is 5.15 Å². The number of halogens is 1. The highest BCUT2D eigenvalue weighted by molar-refractivity contribution is 7.19. The number of carbonyl (C=O) groups excluding carboxylic acids is 1. The second-order valence-corrected chi connectivity index (χ2v) is 6.01. The number of thiazole rings is 1. The zero-order valence-corrected chi connectivity index (χ0v) is 13.3. The topological polar surface area (TPSA) is 54.9 Å². The molecule has 110 valence electrons. The highest BCUT2D eigenvalue weighted by atomic mass is 35.5. The van der Waals surface area contributed by atoms with E-state index in [2.05, 4.69) is 15.3 Å². The van der Waals surface area contributed by atoms with Crippen molar-refractivity contribution in [3.63, 3.8) is 0 Å². The van der Waals surface area contributed by atoms with E-state index >= 15 is 0 Å². The standard InChI is InChI=1S/C16H12ClN3OS/c1-10-14(11-5-3-2-4-6-11)22-16(19-10)20-15(21)12-7-8-13(17)18-9-12/h2-9H,1H3,(H,19,20,21). The van der Waals surface area contributed by atoms with E-state index in [1.165, 1.54) is 17.5 Å². The van der Waals surface area contributed by atoms with E-state index in [1.54, 1.807) is 12.1 Å². The first-order valence-electron chi connectivity index (χ1n) is 6.59. The van der Waals surface area contributed by atoms with Gasteiger partial charge in [0.1, 0.15) is 5.15 Å². The number of benzene rings is 1. The summed E-state index contributed by atoms with van der Waals surface area (Å²) in [7, 11) is 0. The van der Waals surface area contributed by atoms with E-state index in [0.29, 0.717) is 15.8 Å². The Balaban J connectivity index is 1.82. The quantitative estimate of drug-likeness (QED) is 0.724. The average Bonchev–Trinajstić information content (AvgIpc) is 2.89. The highest BCUT2D eigenvalue weighted by Crippen LogP contribution is 2.32. The number of amides is 1. The number of rotatable bonds is 3. The van der Waals surface area contributed by atoms with Gasteiger partial charge in [-0.3, -0.25) is 10.1 Å². The van der Waals surface area contributed by atoms with E-state index in [4.69, 9.17) is 11.6 Å². The molecule has 0 aliphatic heterocycles. The molecule has 3 aromatic rings. The normalized spacial score (nSPS) is 10.5. The molecule has 0 aliphatic rings. The summed E-state index contributed by atoms with van der Waals surface area (Å²) in [6.45, 7) is 1.93. The molecule has 0 fully saturated rings. The van der Waals surface area contributed by atoms with Crippen LogP contribution in [0.25, 0.3) is 10.4 Å². The monoisotopic (exact) mass is 329 g/mol. The molecule has 0 spiro atoms. The minimum absolute atomic E-state index is 0.252. The van der Waals surface area contributed by atoms with Crippen molar-refractivity contribution < 1.29 is 4.79 Å². The van der Waals surface area contributed by atoms with Crippen molar-refractivity contribution in [3.05, 3.63) is 65.1 Å². The highest BCUT2D eigenvalue weighted by Gasteiger charge is 2.13. The summed E-state index contributed by atoms with van der Waals surface area (Å²) in [5.41, 5.74) is 2.42. The lowest BCUT2D eigenvalue weighted by atomic mass is 10.2. The Morgan fingerprint density at radius 1 is 1.18 bits per heavy atom. The number of hydrogen-bond acceptors (Lipinski definition) is 4. The van der Waals surface area contributed by atoms with Crippen molar-refractivity contribution in [2.24, 2.45) is 0 Å². The maximum atomic E-state index is 12.2. The fourth-order valence-corrected chi connectivity index (χ4v) is 3.07. The van der Waals surface area contributed by atoms with E-state index < -0.39 is 0 Å². The number of aromatic nitrogens is 2. The maximum Gasteiger partial charge on any atom is 0.259 e. The van der Waals surface area contributed by atoms with Crippen LogP contribution in [0, 0.1) is 6.92 Å². The Labute approximate surface area is 136 Å². The molecule has 0 unspecified atom stereocenters. The first-order valence-corrected chi connectivity index (χ1v) is 7.78. The van der Waals surface area contributed by atoms with Crippen LogP contribution in [0.15, 0.2) is 48.7 Å². The third-order valence-electron chi connectivity index (χ3n) is 3.04. The molecule has 22 heavy (non-hydrogen) atoms. The van der Waals surface area contributed by atoms with Gasteiger partial charge < -0.3 is 0 Å². The summed E-state index contributed by atoms with van der Waals surface area (Å²) >= 11 is 7.16. The van der Waals surface area contributed by atoms with Crippen LogP contribution in [-0.2, 0) is 0 Å². The summed E-state index contributed by atoms with van der Waals surface area (Å²) in [5, 5.41) is 3.71. The fourth-order valence-electron chi connectivity index (χ4n) is 1.99. The first-order chi connectivity index (χ1) is 10.6. The van der Waals surface area contributed by atoms with Gasteiger partial charge >= 0.3 is 0 Å². The molecule has 0 saturated heterocycles. The smallest absolute Gasteiger partial charge is 0.259 e. The molecule has 0 aliphatic carbocycles. The van der Waals surface area contributed by atoms with Crippen LogP contribution in [0.3, 0.4) is 0 Å². The third-order valence-corrected chi connectivity index (χ3v) is 4.39. The zero-order chi connectivity index (χ0) is 15.5. The van der Waals surface area contributed by atoms with Crippen LogP contribution in [0.5, 0.6) is 0 Å². The van der Waals surface area contributed by atoms with Gasteiger partial charge in [0, 0.05) is 6.20 Å². The third kappa shape index (κ3) is 3.16. The molecular formula is C16H12ClN3OS. The largest absolute Gasteiger partial charge is 0.298 e. The van der Waals surface area contributed by atoms with Crippen LogP contribution in [-0.4, -0.2) is 15.9 Å². The Morgan fingerprint density at radius 2 is 1.95 bits per heavy atom. The SMILES string of the molecule is Cc1nc(NC(=O)c2ccc(Cl)nc2)sc1-c1ccccc1. The number of carbonyl (C=O) groups is 1. The van der Waals surface area contributed by atoms with Crippen LogP contribution < -0.4 is 5.32 Å². The van der Waals surface area contributed by atoms with Gasteiger partial charge in [-0.2, -0.15) is 0 Å². The molecule has 0 radical (unpaired) electrons. The van der Waals surface area contributed by atoms with Crippen LogP contribution in [0.4, 0.5) is 5.13 Å². The van der Waals surface area contributed by atoms with Crippen molar-refractivity contribution in [1.82, 2.24) is 9.97 Å². The zero-order valence-electron chi connectivity index (χ0n) is 11.7. The Morgan fingerprint density at radius 3 is 2.64 bits per heavy atom. The minimum atomic E-state index is -0.252. The Hall–Kier alpha value is -2.24. The van der Waals surface area contributed by atoms with Gasteiger partial charge in [-0.1, -0.05) is 53.3 Å². The molecule has 1 N–H and O–H groups in total. The predicted octanol–water partition coefficient (Wildman–Crippen LogP) is 4.42. The lowest BCUT2D eigenvalue weighted by molar-refractivity contribution is 0.102. The number of hydrogen-bond donors (Lipinski definition) is 1. The van der Waals surface area contributed by atoms with Gasteiger partial charge in [-0.05, 0) is 24.6 Å². The molecule has 2 heterocycles. The Bertz CT molecular complexity index is 800. The average molecular weight is 330 g/mol. The van der Waals surface area contributed by atoms with Gasteiger partial charge in [0.05, 0.1) is 16.1 Å². The van der Waals surface area contributed by atoms with Crippen LogP contribution >= 0.6 is 22.9 Å². The molecule has 3 rings (SSSR count). The van der Waals surface area contributed by atoms with E-state index in [0.717, 1.165) is 16.1 Å². The summed E-state index contributed by atoms with van der Waals surface area (Å²) in [6.07, 6.45) is 1.44. The van der Waals surface area contributed by atoms with E-state index in [1.807, 2.05) is 37.3 Å². The summed E-state index contributed by atoms with van der Waals surface area (Å²) in [5.74, 6) is -0.252. The molecule has 2 aromatic heterocycles. The summed E-state index contributed by atoms with van der Waals surface area (Å²) < 4.78 is 0. The first kappa shape index (κ1) is 14.7. The minimum Gasteiger partial charge on any atom is -0.298 e. The second kappa shape index (κ2) is 6.25. The van der Waals surface area contributed by atoms with Crippen molar-refractivity contribution in [1.29, 1.82) is 0 Å². The van der Waals surface area contributed by atoms with Crippen LogP contribution in [0.1, 0.15) is 16.1 Å². The second-order valence-electron chi connectivity index (χ2n) is 4.62. The summed E-state index contributed by atoms with van der Waals surface area (Å²) in [6, 6.07) is 13.2. The molecule has 1 amide bonds.